The van der Waals surface area contributed by atoms with Gasteiger partial charge in [0.1, 0.15) is 5.75 Å². The Hall–Kier alpha value is -1.07. The van der Waals surface area contributed by atoms with Crippen molar-refractivity contribution in [3.8, 4) is 5.75 Å². The van der Waals surface area contributed by atoms with Crippen LogP contribution in [0.4, 0.5) is 0 Å². The summed E-state index contributed by atoms with van der Waals surface area (Å²) in [4.78, 5) is 14.5. The van der Waals surface area contributed by atoms with E-state index in [1.54, 1.807) is 18.2 Å². The molecule has 1 aliphatic heterocycles. The number of phenolic OH excluding ortho intramolecular Hbond substituents is 1. The van der Waals surface area contributed by atoms with E-state index in [1.807, 2.05) is 4.90 Å². The van der Waals surface area contributed by atoms with E-state index in [0.717, 1.165) is 36.9 Å². The Labute approximate surface area is 134 Å². The number of carbonyl (C=O) groups is 1. The van der Waals surface area contributed by atoms with E-state index >= 15 is 0 Å². The smallest absolute Gasteiger partial charge is 0.257 e. The second-order valence-electron chi connectivity index (χ2n) is 5.53. The maximum atomic E-state index is 12.6. The molecule has 2 rings (SSSR count). The summed E-state index contributed by atoms with van der Waals surface area (Å²) in [6.45, 7) is 6.73. The molecule has 0 aromatic heterocycles. The number of likely N-dealkylation sites (tertiary alicyclic amines) is 1. The van der Waals surface area contributed by atoms with Gasteiger partial charge in [-0.2, -0.15) is 0 Å². The summed E-state index contributed by atoms with van der Waals surface area (Å²) < 4.78 is 0.772. The highest BCUT2D eigenvalue weighted by atomic mass is 79.9. The lowest BCUT2D eigenvalue weighted by atomic mass is 9.89. The third-order valence-corrected chi connectivity index (χ3v) is 4.70. The molecule has 2 N–H and O–H groups in total. The van der Waals surface area contributed by atoms with Crippen molar-refractivity contribution in [2.45, 2.75) is 32.7 Å². The van der Waals surface area contributed by atoms with Crippen molar-refractivity contribution < 1.29 is 9.90 Å². The monoisotopic (exact) mass is 354 g/mol. The van der Waals surface area contributed by atoms with Crippen LogP contribution >= 0.6 is 15.9 Å². The number of amides is 1. The molecule has 1 heterocycles. The molecule has 0 aliphatic carbocycles. The van der Waals surface area contributed by atoms with Crippen molar-refractivity contribution >= 4 is 21.8 Å². The largest absolute Gasteiger partial charge is 0.507 e. The molecule has 0 spiro atoms. The Balaban J connectivity index is 2.10. The van der Waals surface area contributed by atoms with Crippen molar-refractivity contribution in [2.75, 3.05) is 19.6 Å². The SMILES string of the molecule is CCNC1CCN(C(=O)c2ccc(Br)cc2O)CC1CC. The van der Waals surface area contributed by atoms with Gasteiger partial charge in [0.25, 0.3) is 5.91 Å². The summed E-state index contributed by atoms with van der Waals surface area (Å²) in [7, 11) is 0. The normalized spacial score (nSPS) is 22.3. The van der Waals surface area contributed by atoms with Crippen LogP contribution in [0.25, 0.3) is 0 Å². The number of carbonyl (C=O) groups excluding carboxylic acids is 1. The molecular weight excluding hydrogens is 332 g/mol. The van der Waals surface area contributed by atoms with Gasteiger partial charge in [0.15, 0.2) is 0 Å². The first-order valence-electron chi connectivity index (χ1n) is 7.58. The molecule has 0 saturated carbocycles. The molecule has 1 aromatic carbocycles. The molecule has 5 heteroatoms. The van der Waals surface area contributed by atoms with Gasteiger partial charge in [-0.25, -0.2) is 0 Å². The lowest BCUT2D eigenvalue weighted by Crippen LogP contribution is -2.50. The predicted octanol–water partition coefficient (Wildman–Crippen LogP) is 3.00. The van der Waals surface area contributed by atoms with Crippen LogP contribution in [0.2, 0.25) is 0 Å². The Morgan fingerprint density at radius 2 is 2.24 bits per heavy atom. The number of rotatable bonds is 4. The topological polar surface area (TPSA) is 52.6 Å². The Morgan fingerprint density at radius 3 is 2.86 bits per heavy atom. The van der Waals surface area contributed by atoms with E-state index in [4.69, 9.17) is 0 Å². The van der Waals surface area contributed by atoms with Gasteiger partial charge in [0.05, 0.1) is 5.56 Å². The predicted molar refractivity (Wildman–Crippen MR) is 87.6 cm³/mol. The number of aromatic hydroxyl groups is 1. The van der Waals surface area contributed by atoms with Crippen molar-refractivity contribution in [1.29, 1.82) is 0 Å². The van der Waals surface area contributed by atoms with Gasteiger partial charge in [-0.1, -0.05) is 36.2 Å². The summed E-state index contributed by atoms with van der Waals surface area (Å²) in [6, 6.07) is 5.52. The number of nitrogens with zero attached hydrogens (tertiary/aromatic N) is 1. The number of phenols is 1. The molecule has 1 aliphatic rings. The van der Waals surface area contributed by atoms with Crippen molar-refractivity contribution in [1.82, 2.24) is 10.2 Å². The number of piperidine rings is 1. The van der Waals surface area contributed by atoms with E-state index in [1.165, 1.54) is 0 Å². The first kappa shape index (κ1) is 16.3. The summed E-state index contributed by atoms with van der Waals surface area (Å²) in [6.07, 6.45) is 2.02. The van der Waals surface area contributed by atoms with E-state index in [2.05, 4.69) is 35.1 Å². The summed E-state index contributed by atoms with van der Waals surface area (Å²) in [5.41, 5.74) is 0.384. The molecule has 1 aromatic rings. The molecule has 1 saturated heterocycles. The van der Waals surface area contributed by atoms with Crippen LogP contribution in [0.5, 0.6) is 5.75 Å². The zero-order valence-electron chi connectivity index (χ0n) is 12.6. The van der Waals surface area contributed by atoms with Gasteiger partial charge in [-0.05, 0) is 37.1 Å². The van der Waals surface area contributed by atoms with Gasteiger partial charge in [0.2, 0.25) is 0 Å². The minimum Gasteiger partial charge on any atom is -0.507 e. The minimum absolute atomic E-state index is 0.0382. The average molecular weight is 355 g/mol. The maximum Gasteiger partial charge on any atom is 0.257 e. The third-order valence-electron chi connectivity index (χ3n) is 4.20. The van der Waals surface area contributed by atoms with Crippen LogP contribution in [-0.4, -0.2) is 41.6 Å². The van der Waals surface area contributed by atoms with Crippen LogP contribution in [0.15, 0.2) is 22.7 Å². The quantitative estimate of drug-likeness (QED) is 0.873. The van der Waals surface area contributed by atoms with E-state index < -0.39 is 0 Å². The molecule has 4 nitrogen and oxygen atoms in total. The highest BCUT2D eigenvalue weighted by Crippen LogP contribution is 2.26. The Bertz CT molecular complexity index is 507. The van der Waals surface area contributed by atoms with Gasteiger partial charge < -0.3 is 15.3 Å². The van der Waals surface area contributed by atoms with Gasteiger partial charge >= 0.3 is 0 Å². The fraction of sp³-hybridized carbons (Fsp3) is 0.562. The summed E-state index contributed by atoms with van der Waals surface area (Å²) in [5, 5.41) is 13.5. The van der Waals surface area contributed by atoms with Crippen molar-refractivity contribution in [2.24, 2.45) is 5.92 Å². The fourth-order valence-corrected chi connectivity index (χ4v) is 3.37. The van der Waals surface area contributed by atoms with Crippen LogP contribution in [0, 0.1) is 5.92 Å². The zero-order chi connectivity index (χ0) is 15.4. The van der Waals surface area contributed by atoms with E-state index in [0.29, 0.717) is 17.5 Å². The lowest BCUT2D eigenvalue weighted by molar-refractivity contribution is 0.0625. The standard InChI is InChI=1S/C16H23BrN2O2/c1-3-11-10-19(8-7-14(11)18-4-2)16(21)13-6-5-12(17)9-15(13)20/h5-6,9,11,14,18,20H,3-4,7-8,10H2,1-2H3. The highest BCUT2D eigenvalue weighted by Gasteiger charge is 2.31. The fourth-order valence-electron chi connectivity index (χ4n) is 3.02. The van der Waals surface area contributed by atoms with Crippen molar-refractivity contribution in [3.05, 3.63) is 28.2 Å². The number of halogens is 1. The molecular formula is C16H23BrN2O2. The summed E-state index contributed by atoms with van der Waals surface area (Å²) in [5.74, 6) is 0.435. The van der Waals surface area contributed by atoms with Crippen LogP contribution in [0.3, 0.4) is 0 Å². The van der Waals surface area contributed by atoms with E-state index in [-0.39, 0.29) is 11.7 Å². The maximum absolute atomic E-state index is 12.6. The molecule has 116 valence electrons. The second kappa shape index (κ2) is 7.27. The first-order valence-corrected chi connectivity index (χ1v) is 8.37. The number of benzene rings is 1. The third kappa shape index (κ3) is 3.77. The molecule has 1 amide bonds. The van der Waals surface area contributed by atoms with Gasteiger partial charge in [0, 0.05) is 23.6 Å². The molecule has 21 heavy (non-hydrogen) atoms. The molecule has 0 bridgehead atoms. The van der Waals surface area contributed by atoms with Crippen molar-refractivity contribution in [3.63, 3.8) is 0 Å². The lowest BCUT2D eigenvalue weighted by Gasteiger charge is -2.38. The van der Waals surface area contributed by atoms with Gasteiger partial charge in [-0.3, -0.25) is 4.79 Å². The second-order valence-corrected chi connectivity index (χ2v) is 6.45. The molecule has 0 radical (unpaired) electrons. The highest BCUT2D eigenvalue weighted by molar-refractivity contribution is 9.10. The zero-order valence-corrected chi connectivity index (χ0v) is 14.2. The number of hydrogen-bond acceptors (Lipinski definition) is 3. The number of nitrogens with one attached hydrogen (secondary N) is 1. The number of hydrogen-bond donors (Lipinski definition) is 2. The first-order chi connectivity index (χ1) is 10.1. The van der Waals surface area contributed by atoms with E-state index in [9.17, 15) is 9.90 Å². The molecule has 1 fully saturated rings. The summed E-state index contributed by atoms with van der Waals surface area (Å²) >= 11 is 3.29. The average Bonchev–Trinajstić information content (AvgIpc) is 2.47. The minimum atomic E-state index is -0.0756. The van der Waals surface area contributed by atoms with Gasteiger partial charge in [-0.15, -0.1) is 0 Å². The Morgan fingerprint density at radius 1 is 1.48 bits per heavy atom. The van der Waals surface area contributed by atoms with Crippen LogP contribution in [-0.2, 0) is 0 Å². The molecule has 2 atom stereocenters. The van der Waals surface area contributed by atoms with Crippen LogP contribution in [0.1, 0.15) is 37.0 Å². The Kier molecular flexibility index (Phi) is 5.65. The van der Waals surface area contributed by atoms with Crippen LogP contribution < -0.4 is 5.32 Å². The molecule has 2 unspecified atom stereocenters.